The molecule has 11 nitrogen and oxygen atoms in total. The first-order valence-corrected chi connectivity index (χ1v) is 11.6. The molecule has 1 spiro atoms. The van der Waals surface area contributed by atoms with E-state index in [-0.39, 0.29) is 31.0 Å². The first kappa shape index (κ1) is 22.7. The number of benzene rings is 1. The molecule has 0 aliphatic carbocycles. The van der Waals surface area contributed by atoms with Gasteiger partial charge >= 0.3 is 0 Å². The number of hydrogen-bond donors (Lipinski definition) is 3. The fraction of sp³-hybridized carbons (Fsp3) is 0.609. The number of aliphatic hydroxyl groups is 1. The molecule has 11 heteroatoms. The molecule has 2 bridgehead atoms. The summed E-state index contributed by atoms with van der Waals surface area (Å²) in [5.41, 5.74) is -0.550. The lowest BCUT2D eigenvalue weighted by atomic mass is 9.62. The summed E-state index contributed by atoms with van der Waals surface area (Å²) >= 11 is 0. The van der Waals surface area contributed by atoms with Crippen molar-refractivity contribution >= 4 is 28.8 Å². The van der Waals surface area contributed by atoms with Crippen molar-refractivity contribution in [3.05, 3.63) is 24.3 Å². The second-order valence-electron chi connectivity index (χ2n) is 9.87. The Labute approximate surface area is 196 Å². The second-order valence-corrected chi connectivity index (χ2v) is 9.87. The maximum atomic E-state index is 13.7. The monoisotopic (exact) mass is 470 g/mol. The minimum absolute atomic E-state index is 0.0437. The minimum Gasteiger partial charge on any atom is -0.394 e. The first-order chi connectivity index (χ1) is 16.2. The average molecular weight is 471 g/mol. The van der Waals surface area contributed by atoms with E-state index in [0.717, 1.165) is 5.52 Å². The Hall–Kier alpha value is -3.05. The Kier molecular flexibility index (Phi) is 5.17. The Bertz CT molecular complexity index is 1170. The van der Waals surface area contributed by atoms with Crippen molar-refractivity contribution in [1.82, 2.24) is 30.5 Å². The number of likely N-dealkylation sites (tertiary alicyclic amines) is 1. The van der Waals surface area contributed by atoms with Crippen LogP contribution >= 0.6 is 0 Å². The van der Waals surface area contributed by atoms with Gasteiger partial charge in [-0.2, -0.15) is 0 Å². The third kappa shape index (κ3) is 2.86. The number of para-hydroxylation sites is 1. The van der Waals surface area contributed by atoms with Crippen molar-refractivity contribution < 1.29 is 24.2 Å². The lowest BCUT2D eigenvalue weighted by Gasteiger charge is -2.36. The highest BCUT2D eigenvalue weighted by atomic mass is 16.5. The number of ether oxygens (including phenoxy) is 1. The van der Waals surface area contributed by atoms with Gasteiger partial charge in [0.25, 0.3) is 0 Å². The van der Waals surface area contributed by atoms with Crippen LogP contribution in [-0.4, -0.2) is 79.7 Å². The molecule has 34 heavy (non-hydrogen) atoms. The minimum atomic E-state index is -1.15. The summed E-state index contributed by atoms with van der Waals surface area (Å²) < 4.78 is 8.13. The molecule has 0 radical (unpaired) electrons. The summed E-state index contributed by atoms with van der Waals surface area (Å²) in [6.45, 7) is 5.27. The summed E-state index contributed by atoms with van der Waals surface area (Å²) in [5, 5.41) is 23.7. The number of nitrogens with one attached hydrogen (secondary N) is 2. The number of fused-ring (bicyclic) bond motifs is 2. The Morgan fingerprint density at radius 3 is 2.76 bits per heavy atom. The van der Waals surface area contributed by atoms with Crippen molar-refractivity contribution in [1.29, 1.82) is 0 Å². The van der Waals surface area contributed by atoms with Gasteiger partial charge in [-0.05, 0) is 38.3 Å². The molecule has 5 rings (SSSR count). The molecule has 1 aromatic heterocycles. The SMILES string of the molecule is CNC(=O)[C@@H]1[C@H]2C(=O)N([C@H](C)CO)C(C(=O)NCn3nnc4ccccc43)C23CC(C)[C@@]1(C)O3. The normalized spacial score (nSPS) is 35.0. The lowest BCUT2D eigenvalue weighted by molar-refractivity contribution is -0.150. The molecule has 1 aromatic carbocycles. The molecule has 0 saturated carbocycles. The van der Waals surface area contributed by atoms with Crippen molar-refractivity contribution in [2.24, 2.45) is 17.8 Å². The molecular formula is C23H30N6O5. The topological polar surface area (TPSA) is 139 Å². The fourth-order valence-electron chi connectivity index (χ4n) is 6.38. The van der Waals surface area contributed by atoms with Crippen LogP contribution in [0.15, 0.2) is 24.3 Å². The summed E-state index contributed by atoms with van der Waals surface area (Å²) in [7, 11) is 1.54. The molecule has 3 N–H and O–H groups in total. The van der Waals surface area contributed by atoms with Crippen LogP contribution in [0.1, 0.15) is 27.2 Å². The zero-order chi connectivity index (χ0) is 24.4. The molecule has 7 atom stereocenters. The van der Waals surface area contributed by atoms with E-state index in [4.69, 9.17) is 4.74 Å². The number of aromatic nitrogens is 3. The van der Waals surface area contributed by atoms with E-state index in [0.29, 0.717) is 11.9 Å². The summed E-state index contributed by atoms with van der Waals surface area (Å²) in [6.07, 6.45) is 0.465. The largest absolute Gasteiger partial charge is 0.394 e. The highest BCUT2D eigenvalue weighted by Gasteiger charge is 2.80. The number of rotatable bonds is 6. The van der Waals surface area contributed by atoms with E-state index in [1.807, 2.05) is 38.1 Å². The van der Waals surface area contributed by atoms with Crippen molar-refractivity contribution in [3.63, 3.8) is 0 Å². The van der Waals surface area contributed by atoms with Gasteiger partial charge < -0.3 is 25.4 Å². The van der Waals surface area contributed by atoms with Crippen LogP contribution in [-0.2, 0) is 25.8 Å². The van der Waals surface area contributed by atoms with E-state index in [2.05, 4.69) is 20.9 Å². The van der Waals surface area contributed by atoms with Gasteiger partial charge in [0.2, 0.25) is 17.7 Å². The number of carbonyl (C=O) groups is 3. The number of aliphatic hydroxyl groups excluding tert-OH is 1. The van der Waals surface area contributed by atoms with Gasteiger partial charge in [0.05, 0.1) is 35.6 Å². The van der Waals surface area contributed by atoms with E-state index < -0.39 is 41.0 Å². The van der Waals surface area contributed by atoms with Gasteiger partial charge in [-0.1, -0.05) is 24.3 Å². The molecule has 182 valence electrons. The number of carbonyl (C=O) groups excluding carboxylic acids is 3. The van der Waals surface area contributed by atoms with E-state index in [1.54, 1.807) is 11.6 Å². The maximum Gasteiger partial charge on any atom is 0.247 e. The zero-order valence-corrected chi connectivity index (χ0v) is 19.7. The molecule has 3 amide bonds. The fourth-order valence-corrected chi connectivity index (χ4v) is 6.38. The zero-order valence-electron chi connectivity index (χ0n) is 19.7. The van der Waals surface area contributed by atoms with Gasteiger partial charge in [0.15, 0.2) is 0 Å². The number of hydrogen-bond acceptors (Lipinski definition) is 7. The molecule has 2 aromatic rings. The standard InChI is InChI=1S/C23H30N6O5/c1-12-9-23-17(16(19(31)24-4)22(12,3)34-23)21(33)29(13(2)10-30)18(23)20(32)25-11-28-15-8-6-5-7-14(15)26-27-28/h5-8,12-13,16-18,30H,9-11H2,1-4H3,(H,24,31)(H,25,32)/t12?,13-,16+,17+,18?,22-,23?/m1/s1. The predicted molar refractivity (Wildman–Crippen MR) is 120 cm³/mol. The summed E-state index contributed by atoms with van der Waals surface area (Å²) in [4.78, 5) is 41.8. The van der Waals surface area contributed by atoms with E-state index >= 15 is 0 Å². The van der Waals surface area contributed by atoms with Gasteiger partial charge in [-0.25, -0.2) is 4.68 Å². The lowest BCUT2D eigenvalue weighted by Crippen LogP contribution is -2.57. The van der Waals surface area contributed by atoms with Crippen LogP contribution < -0.4 is 10.6 Å². The van der Waals surface area contributed by atoms with Gasteiger partial charge in [0.1, 0.15) is 23.8 Å². The molecule has 3 saturated heterocycles. The molecular weight excluding hydrogens is 440 g/mol. The van der Waals surface area contributed by atoms with Crippen molar-refractivity contribution in [2.75, 3.05) is 13.7 Å². The summed E-state index contributed by atoms with van der Waals surface area (Å²) in [5.74, 6) is -2.59. The maximum absolute atomic E-state index is 13.7. The van der Waals surface area contributed by atoms with Crippen molar-refractivity contribution in [3.8, 4) is 0 Å². The number of nitrogens with zero attached hydrogens (tertiary/aromatic N) is 4. The van der Waals surface area contributed by atoms with Crippen LogP contribution in [0.25, 0.3) is 11.0 Å². The summed E-state index contributed by atoms with van der Waals surface area (Å²) in [6, 6.07) is 5.80. The predicted octanol–water partition coefficient (Wildman–Crippen LogP) is -0.357. The average Bonchev–Trinajstić information content (AvgIpc) is 3.50. The van der Waals surface area contributed by atoms with Gasteiger partial charge in [-0.3, -0.25) is 14.4 Å². The first-order valence-electron chi connectivity index (χ1n) is 11.6. The Balaban J connectivity index is 1.51. The van der Waals surface area contributed by atoms with Crippen LogP contribution in [0.2, 0.25) is 0 Å². The van der Waals surface area contributed by atoms with Gasteiger partial charge in [-0.15, -0.1) is 5.10 Å². The van der Waals surface area contributed by atoms with E-state index in [9.17, 15) is 19.5 Å². The highest BCUT2D eigenvalue weighted by Crippen LogP contribution is 2.65. The van der Waals surface area contributed by atoms with Crippen LogP contribution in [0, 0.1) is 17.8 Å². The Morgan fingerprint density at radius 1 is 1.32 bits per heavy atom. The third-order valence-electron chi connectivity index (χ3n) is 8.09. The van der Waals surface area contributed by atoms with Crippen LogP contribution in [0.4, 0.5) is 0 Å². The smallest absolute Gasteiger partial charge is 0.247 e. The molecule has 3 fully saturated rings. The molecule has 4 heterocycles. The molecule has 3 aliphatic rings. The van der Waals surface area contributed by atoms with Crippen LogP contribution in [0.5, 0.6) is 0 Å². The van der Waals surface area contributed by atoms with E-state index in [1.165, 1.54) is 11.9 Å². The van der Waals surface area contributed by atoms with Gasteiger partial charge in [0, 0.05) is 7.05 Å². The third-order valence-corrected chi connectivity index (χ3v) is 8.09. The Morgan fingerprint density at radius 2 is 2.06 bits per heavy atom. The molecule has 3 aliphatic heterocycles. The van der Waals surface area contributed by atoms with Crippen LogP contribution in [0.3, 0.4) is 0 Å². The second kappa shape index (κ2) is 7.74. The quantitative estimate of drug-likeness (QED) is 0.524. The highest BCUT2D eigenvalue weighted by molar-refractivity contribution is 5.99. The van der Waals surface area contributed by atoms with Crippen molar-refractivity contribution in [2.45, 2.75) is 57.1 Å². The molecule has 3 unspecified atom stereocenters. The number of amides is 3.